The van der Waals surface area contributed by atoms with E-state index < -0.39 is 38.0 Å². The molecule has 5 nitrogen and oxygen atoms in total. The Morgan fingerprint density at radius 3 is 2.48 bits per heavy atom. The van der Waals surface area contributed by atoms with Crippen LogP contribution in [-0.2, 0) is 11.3 Å². The fourth-order valence-electron chi connectivity index (χ4n) is 5.42. The van der Waals surface area contributed by atoms with Crippen molar-refractivity contribution in [1.82, 2.24) is 14.8 Å². The molecule has 3 atom stereocenters. The summed E-state index contributed by atoms with van der Waals surface area (Å²) in [6.07, 6.45) is 0.352. The van der Waals surface area contributed by atoms with Crippen molar-refractivity contribution in [2.75, 3.05) is 19.7 Å². The molecule has 1 N–H and O–H groups in total. The first-order chi connectivity index (χ1) is 19.7. The largest absolute Gasteiger partial charge is 0.450 e. The Morgan fingerprint density at radius 1 is 1.10 bits per heavy atom. The number of amides is 1. The minimum atomic E-state index is -1.44. The fraction of sp³-hybridized carbons (Fsp3) is 0.485. The maximum Gasteiger partial charge on any atom is 0.412 e. The highest BCUT2D eigenvalue weighted by Crippen LogP contribution is 2.38. The van der Waals surface area contributed by atoms with E-state index in [1.807, 2.05) is 42.6 Å². The minimum Gasteiger partial charge on any atom is -0.450 e. The van der Waals surface area contributed by atoms with Gasteiger partial charge >= 0.3 is 6.09 Å². The third-order valence-corrected chi connectivity index (χ3v) is 9.55. The molecule has 1 aliphatic rings. The normalized spacial score (nSPS) is 18.4. The molecular formula is C33H44F3N3O2Si. The van der Waals surface area contributed by atoms with Crippen molar-refractivity contribution in [3.05, 3.63) is 83.7 Å². The molecule has 3 aromatic rings. The zero-order chi connectivity index (χ0) is 30.7. The lowest BCUT2D eigenvalue weighted by molar-refractivity contribution is 0.0569. The Morgan fingerprint density at radius 2 is 1.81 bits per heavy atom. The van der Waals surface area contributed by atoms with Gasteiger partial charge in [0.05, 0.1) is 12.6 Å². The molecule has 42 heavy (non-hydrogen) atoms. The van der Waals surface area contributed by atoms with Crippen LogP contribution in [0.3, 0.4) is 0 Å². The number of likely N-dealkylation sites (tertiary alicyclic amines) is 1. The number of benzene rings is 2. The summed E-state index contributed by atoms with van der Waals surface area (Å²) in [6, 6.07) is 15.9. The van der Waals surface area contributed by atoms with Gasteiger partial charge in [-0.3, -0.25) is 4.90 Å². The van der Waals surface area contributed by atoms with E-state index in [1.54, 1.807) is 0 Å². The molecule has 4 rings (SSSR count). The van der Waals surface area contributed by atoms with Gasteiger partial charge in [-0.05, 0) is 47.7 Å². The summed E-state index contributed by atoms with van der Waals surface area (Å²) in [5, 5.41) is 3.59. The van der Waals surface area contributed by atoms with Gasteiger partial charge in [-0.2, -0.15) is 0 Å². The molecule has 2 aromatic carbocycles. The fourth-order valence-corrected chi connectivity index (χ4v) is 6.13. The SMILES string of the molecule is CC(C)(C)[C@@H](NC[C@H]1CCN(C(=O)OCC[Si](C)(C)C)C1F)c1cc(-c2cc(F)ccc2F)cn1Cc1ccccc1. The van der Waals surface area contributed by atoms with E-state index in [1.165, 1.54) is 11.0 Å². The van der Waals surface area contributed by atoms with E-state index in [9.17, 15) is 13.6 Å². The van der Waals surface area contributed by atoms with E-state index >= 15 is 4.39 Å². The quantitative estimate of drug-likeness (QED) is 0.189. The summed E-state index contributed by atoms with van der Waals surface area (Å²) >= 11 is 0. The Kier molecular flexibility index (Phi) is 9.93. The maximum atomic E-state index is 15.5. The van der Waals surface area contributed by atoms with Crippen molar-refractivity contribution in [3.8, 4) is 11.1 Å². The monoisotopic (exact) mass is 599 g/mol. The van der Waals surface area contributed by atoms with Crippen molar-refractivity contribution in [3.63, 3.8) is 0 Å². The van der Waals surface area contributed by atoms with Gasteiger partial charge in [-0.1, -0.05) is 70.7 Å². The van der Waals surface area contributed by atoms with Gasteiger partial charge in [0.1, 0.15) is 11.6 Å². The second kappa shape index (κ2) is 13.1. The van der Waals surface area contributed by atoms with Crippen LogP contribution in [0.2, 0.25) is 25.7 Å². The highest BCUT2D eigenvalue weighted by Gasteiger charge is 2.39. The van der Waals surface area contributed by atoms with Crippen molar-refractivity contribution >= 4 is 14.2 Å². The van der Waals surface area contributed by atoms with E-state index in [0.29, 0.717) is 38.2 Å². The second-order valence-corrected chi connectivity index (χ2v) is 19.3. The molecule has 1 aromatic heterocycles. The van der Waals surface area contributed by atoms with Gasteiger partial charge in [0.25, 0.3) is 0 Å². The highest BCUT2D eigenvalue weighted by atomic mass is 28.3. The number of aromatic nitrogens is 1. The summed E-state index contributed by atoms with van der Waals surface area (Å²) in [6.45, 7) is 14.4. The van der Waals surface area contributed by atoms with E-state index in [4.69, 9.17) is 4.74 Å². The molecule has 2 heterocycles. The first-order valence-electron chi connectivity index (χ1n) is 14.7. The van der Waals surface area contributed by atoms with Gasteiger partial charge < -0.3 is 14.6 Å². The van der Waals surface area contributed by atoms with Gasteiger partial charge in [-0.25, -0.2) is 18.0 Å². The van der Waals surface area contributed by atoms with Crippen LogP contribution in [0, 0.1) is 23.0 Å². The first kappa shape index (κ1) is 31.9. The number of halogens is 3. The van der Waals surface area contributed by atoms with E-state index in [0.717, 1.165) is 29.4 Å². The Balaban J connectivity index is 1.56. The molecule has 1 fully saturated rings. The van der Waals surface area contributed by atoms with Crippen LogP contribution in [0.5, 0.6) is 0 Å². The van der Waals surface area contributed by atoms with Crippen molar-refractivity contribution in [2.45, 2.75) is 71.8 Å². The molecule has 0 saturated carbocycles. The molecular weight excluding hydrogens is 555 g/mol. The van der Waals surface area contributed by atoms with Gasteiger partial charge in [0, 0.05) is 56.6 Å². The number of hydrogen-bond acceptors (Lipinski definition) is 3. The molecule has 228 valence electrons. The van der Waals surface area contributed by atoms with Crippen LogP contribution in [0.4, 0.5) is 18.0 Å². The number of ether oxygens (including phenoxy) is 1. The number of alkyl halides is 1. The van der Waals surface area contributed by atoms with Crippen molar-refractivity contribution < 1.29 is 22.7 Å². The van der Waals surface area contributed by atoms with Crippen LogP contribution >= 0.6 is 0 Å². The lowest BCUT2D eigenvalue weighted by Gasteiger charge is -2.34. The van der Waals surface area contributed by atoms with Crippen LogP contribution in [0.25, 0.3) is 11.1 Å². The lowest BCUT2D eigenvalue weighted by Crippen LogP contribution is -2.41. The summed E-state index contributed by atoms with van der Waals surface area (Å²) in [5.74, 6) is -1.40. The number of nitrogens with one attached hydrogen (secondary N) is 1. The van der Waals surface area contributed by atoms with Gasteiger partial charge in [0.2, 0.25) is 0 Å². The number of hydrogen-bond donors (Lipinski definition) is 1. The van der Waals surface area contributed by atoms with Crippen LogP contribution < -0.4 is 5.32 Å². The van der Waals surface area contributed by atoms with Crippen LogP contribution in [-0.4, -0.2) is 49.6 Å². The van der Waals surface area contributed by atoms with Crippen LogP contribution in [0.1, 0.15) is 44.5 Å². The molecule has 1 unspecified atom stereocenters. The van der Waals surface area contributed by atoms with Crippen molar-refractivity contribution in [2.24, 2.45) is 11.3 Å². The summed E-state index contributed by atoms with van der Waals surface area (Å²) < 4.78 is 51.9. The average Bonchev–Trinajstić information content (AvgIpc) is 3.48. The average molecular weight is 600 g/mol. The zero-order valence-electron chi connectivity index (χ0n) is 25.6. The smallest absolute Gasteiger partial charge is 0.412 e. The summed E-state index contributed by atoms with van der Waals surface area (Å²) in [7, 11) is -1.37. The molecule has 0 radical (unpaired) electrons. The molecule has 0 spiro atoms. The van der Waals surface area contributed by atoms with E-state index in [2.05, 4.69) is 50.3 Å². The molecule has 1 saturated heterocycles. The third kappa shape index (κ3) is 8.07. The predicted octanol–water partition coefficient (Wildman–Crippen LogP) is 8.25. The molecule has 1 amide bonds. The number of rotatable bonds is 10. The molecule has 0 bridgehead atoms. The topological polar surface area (TPSA) is 46.5 Å². The minimum absolute atomic E-state index is 0.193. The predicted molar refractivity (Wildman–Crippen MR) is 165 cm³/mol. The number of carbonyl (C=O) groups excluding carboxylic acids is 1. The van der Waals surface area contributed by atoms with E-state index in [-0.39, 0.29) is 17.0 Å². The van der Waals surface area contributed by atoms with Gasteiger partial charge in [-0.15, -0.1) is 0 Å². The first-order valence-corrected chi connectivity index (χ1v) is 18.4. The third-order valence-electron chi connectivity index (χ3n) is 7.85. The summed E-state index contributed by atoms with van der Waals surface area (Å²) in [4.78, 5) is 13.8. The molecule has 1 aliphatic heterocycles. The van der Waals surface area contributed by atoms with Gasteiger partial charge in [0.15, 0.2) is 6.30 Å². The van der Waals surface area contributed by atoms with Crippen LogP contribution in [0.15, 0.2) is 60.8 Å². The lowest BCUT2D eigenvalue weighted by atomic mass is 9.84. The van der Waals surface area contributed by atoms with Crippen molar-refractivity contribution in [1.29, 1.82) is 0 Å². The Labute approximate surface area is 249 Å². The highest BCUT2D eigenvalue weighted by molar-refractivity contribution is 6.76. The Hall–Kier alpha value is -3.04. The Bertz CT molecular complexity index is 1350. The number of nitrogens with zero attached hydrogens (tertiary/aromatic N) is 2. The molecule has 0 aliphatic carbocycles. The standard InChI is InChI=1S/C33H44F3N3O2Si/c1-33(2,3)30(37-20-24-14-15-39(31(24)36)32(40)41-16-17-42(4,5)6)29-18-25(27-19-26(34)12-13-28(27)35)22-38(29)21-23-10-8-7-9-11-23/h7-13,18-19,22,24,30-31,37H,14-17,20-21H2,1-6H3/t24-,30+,31?/m1/s1. The number of carbonyl (C=O) groups is 1. The molecule has 9 heteroatoms. The summed E-state index contributed by atoms with van der Waals surface area (Å²) in [5.41, 5.74) is 2.42. The second-order valence-electron chi connectivity index (χ2n) is 13.6. The zero-order valence-corrected chi connectivity index (χ0v) is 26.6. The maximum absolute atomic E-state index is 15.5.